The van der Waals surface area contributed by atoms with Crippen molar-refractivity contribution in [3.05, 3.63) is 106 Å². The average molecular weight is 629 g/mol. The van der Waals surface area contributed by atoms with Crippen LogP contribution < -0.4 is 19.1 Å². The maximum absolute atomic E-state index is 15.6. The van der Waals surface area contributed by atoms with Gasteiger partial charge in [-0.05, 0) is 67.0 Å². The molecule has 226 valence electrons. The van der Waals surface area contributed by atoms with Gasteiger partial charge in [0.25, 0.3) is 10.0 Å². The number of anilines is 2. The fourth-order valence-electron chi connectivity index (χ4n) is 4.80. The van der Waals surface area contributed by atoms with Crippen LogP contribution in [0, 0.1) is 11.8 Å². The molecule has 0 amide bonds. The number of likely N-dealkylation sites (tertiary alicyclic amines) is 1. The topological polar surface area (TPSA) is 84.0 Å². The third kappa shape index (κ3) is 6.84. The van der Waals surface area contributed by atoms with Crippen LogP contribution in [0.15, 0.2) is 77.7 Å². The van der Waals surface area contributed by atoms with Crippen LogP contribution in [-0.2, 0) is 29.7 Å². The van der Waals surface area contributed by atoms with Gasteiger partial charge in [0.2, 0.25) is 5.95 Å². The molecule has 0 spiro atoms. The minimum atomic E-state index is -4.64. The zero-order chi connectivity index (χ0) is 30.6. The first-order valence-electron chi connectivity index (χ1n) is 13.6. The summed E-state index contributed by atoms with van der Waals surface area (Å²) in [4.78, 5) is 5.42. The Kier molecular flexibility index (Phi) is 9.34. The molecule has 0 aliphatic carbocycles. The molecule has 0 atom stereocenters. The van der Waals surface area contributed by atoms with Gasteiger partial charge in [-0.2, -0.15) is 4.39 Å². The molecule has 12 heteroatoms. The van der Waals surface area contributed by atoms with Crippen molar-refractivity contribution in [3.8, 4) is 11.5 Å². The van der Waals surface area contributed by atoms with E-state index in [-0.39, 0.29) is 23.1 Å². The van der Waals surface area contributed by atoms with Gasteiger partial charge in [0.05, 0.1) is 31.5 Å². The molecule has 0 radical (unpaired) electrons. The van der Waals surface area contributed by atoms with E-state index in [9.17, 15) is 12.8 Å². The Morgan fingerprint density at radius 1 is 0.953 bits per heavy atom. The Morgan fingerprint density at radius 3 is 2.40 bits per heavy atom. The number of nitrogens with zero attached hydrogens (tertiary/aromatic N) is 3. The van der Waals surface area contributed by atoms with E-state index in [1.165, 1.54) is 32.8 Å². The number of aromatic nitrogens is 1. The minimum Gasteiger partial charge on any atom is -0.497 e. The predicted molar refractivity (Wildman–Crippen MR) is 162 cm³/mol. The molecule has 43 heavy (non-hydrogen) atoms. The number of pyridine rings is 1. The van der Waals surface area contributed by atoms with Crippen molar-refractivity contribution in [2.75, 3.05) is 36.9 Å². The molecule has 0 saturated carbocycles. The van der Waals surface area contributed by atoms with Crippen molar-refractivity contribution in [3.63, 3.8) is 0 Å². The first-order chi connectivity index (χ1) is 20.7. The Balaban J connectivity index is 1.45. The lowest BCUT2D eigenvalue weighted by Crippen LogP contribution is -2.36. The summed E-state index contributed by atoms with van der Waals surface area (Å²) in [7, 11) is -1.73. The molecule has 3 aromatic carbocycles. The van der Waals surface area contributed by atoms with Gasteiger partial charge in [-0.3, -0.25) is 4.90 Å². The molecule has 1 fully saturated rings. The largest absolute Gasteiger partial charge is 0.497 e. The number of methoxy groups -OCH3 is 2. The molecule has 2 heterocycles. The molecule has 1 aliphatic rings. The van der Waals surface area contributed by atoms with E-state index < -0.39 is 26.7 Å². The number of hydrogen-bond acceptors (Lipinski definition) is 7. The Bertz CT molecular complexity index is 1720. The summed E-state index contributed by atoms with van der Waals surface area (Å²) in [6.07, 6.45) is 1.19. The number of nitrogens with one attached hydrogen (secondary N) is 1. The summed E-state index contributed by atoms with van der Waals surface area (Å²) in [5.74, 6) is -1.35. The zero-order valence-corrected chi connectivity index (χ0v) is 25.3. The third-order valence-corrected chi connectivity index (χ3v) is 9.36. The third-order valence-electron chi connectivity index (χ3n) is 7.28. The first-order valence-corrected chi connectivity index (χ1v) is 15.4. The quantitative estimate of drug-likeness (QED) is 0.186. The van der Waals surface area contributed by atoms with Crippen LogP contribution in [0.5, 0.6) is 11.5 Å². The highest BCUT2D eigenvalue weighted by Gasteiger charge is 2.31. The SMILES string of the molecule is COc1ccc(CN(c2cccc(F)n2)S(=O)(=O)c2cc(Cl)c(NCc3ccccc3CN3CCC3)cc2F)c(OC)c1. The highest BCUT2D eigenvalue weighted by molar-refractivity contribution is 7.92. The van der Waals surface area contributed by atoms with Crippen LogP contribution in [0.1, 0.15) is 23.1 Å². The normalized spacial score (nSPS) is 13.3. The number of sulfonamides is 1. The summed E-state index contributed by atoms with van der Waals surface area (Å²) < 4.78 is 69.3. The summed E-state index contributed by atoms with van der Waals surface area (Å²) >= 11 is 6.52. The van der Waals surface area contributed by atoms with Gasteiger partial charge in [0, 0.05) is 24.7 Å². The highest BCUT2D eigenvalue weighted by atomic mass is 35.5. The van der Waals surface area contributed by atoms with Crippen LogP contribution in [0.25, 0.3) is 0 Å². The lowest BCUT2D eigenvalue weighted by molar-refractivity contribution is 0.172. The monoisotopic (exact) mass is 628 g/mol. The van der Waals surface area contributed by atoms with Crippen LogP contribution >= 0.6 is 11.6 Å². The lowest BCUT2D eigenvalue weighted by atomic mass is 10.1. The lowest BCUT2D eigenvalue weighted by Gasteiger charge is -2.31. The maximum atomic E-state index is 15.6. The summed E-state index contributed by atoms with van der Waals surface area (Å²) in [6.45, 7) is 2.97. The van der Waals surface area contributed by atoms with E-state index in [0.29, 0.717) is 23.6 Å². The van der Waals surface area contributed by atoms with Crippen LogP contribution in [-0.4, -0.2) is 45.6 Å². The van der Waals surface area contributed by atoms with E-state index in [1.54, 1.807) is 18.2 Å². The fourth-order valence-corrected chi connectivity index (χ4v) is 6.56. The molecule has 4 aromatic rings. The molecule has 0 unspecified atom stereocenters. The van der Waals surface area contributed by atoms with Crippen LogP contribution in [0.3, 0.4) is 0 Å². The van der Waals surface area contributed by atoms with Crippen molar-refractivity contribution >= 4 is 33.1 Å². The highest BCUT2D eigenvalue weighted by Crippen LogP contribution is 2.34. The minimum absolute atomic E-state index is 0.00868. The number of ether oxygens (including phenoxy) is 2. The molecular weight excluding hydrogens is 598 g/mol. The first kappa shape index (κ1) is 30.5. The summed E-state index contributed by atoms with van der Waals surface area (Å²) in [6, 6.07) is 18.6. The average Bonchev–Trinajstić information content (AvgIpc) is 2.98. The fraction of sp³-hybridized carbons (Fsp3) is 0.258. The molecule has 8 nitrogen and oxygen atoms in total. The van der Waals surface area contributed by atoms with E-state index in [4.69, 9.17) is 21.1 Å². The number of hydrogen-bond donors (Lipinski definition) is 1. The van der Waals surface area contributed by atoms with E-state index >= 15 is 4.39 Å². The van der Waals surface area contributed by atoms with E-state index in [2.05, 4.69) is 21.3 Å². The molecule has 1 N–H and O–H groups in total. The van der Waals surface area contributed by atoms with Gasteiger partial charge in [-0.25, -0.2) is 22.1 Å². The van der Waals surface area contributed by atoms with E-state index in [1.807, 2.05) is 18.2 Å². The Labute approximate surface area is 254 Å². The Morgan fingerprint density at radius 2 is 1.72 bits per heavy atom. The smallest absolute Gasteiger partial charge is 0.268 e. The number of halogens is 3. The van der Waals surface area contributed by atoms with Crippen molar-refractivity contribution in [1.29, 1.82) is 0 Å². The second kappa shape index (κ2) is 13.2. The van der Waals surface area contributed by atoms with Crippen LogP contribution in [0.4, 0.5) is 20.3 Å². The molecule has 1 saturated heterocycles. The van der Waals surface area contributed by atoms with Gasteiger partial charge in [-0.1, -0.05) is 41.9 Å². The van der Waals surface area contributed by atoms with Crippen molar-refractivity contribution in [2.24, 2.45) is 0 Å². The molecule has 1 aromatic heterocycles. The second-order valence-corrected chi connectivity index (χ2v) is 12.3. The van der Waals surface area contributed by atoms with Crippen molar-refractivity contribution in [1.82, 2.24) is 9.88 Å². The maximum Gasteiger partial charge on any atom is 0.268 e. The standard InChI is InChI=1S/C31H31ClF2N4O4S/c1-41-24-12-11-23(28(15-24)42-2)20-38(31-10-5-9-30(34)36-31)43(39,40)29-16-25(32)27(17-26(29)33)35-18-21-7-3-4-8-22(21)19-37-13-6-14-37/h3-5,7-12,15-17,35H,6,13-14,18-20H2,1-2H3. The predicted octanol–water partition coefficient (Wildman–Crippen LogP) is 6.24. The van der Waals surface area contributed by atoms with Gasteiger partial charge >= 0.3 is 0 Å². The summed E-state index contributed by atoms with van der Waals surface area (Å²) in [5, 5.41) is 3.15. The Hall–Kier alpha value is -3.93. The molecule has 1 aliphatic heterocycles. The number of benzene rings is 3. The second-order valence-electron chi connectivity index (χ2n) is 10.0. The van der Waals surface area contributed by atoms with Crippen LogP contribution in [0.2, 0.25) is 5.02 Å². The summed E-state index contributed by atoms with van der Waals surface area (Å²) in [5.41, 5.74) is 2.83. The van der Waals surface area contributed by atoms with Crippen molar-refractivity contribution < 1.29 is 26.7 Å². The molecular formula is C31H31ClF2N4O4S. The van der Waals surface area contributed by atoms with Gasteiger partial charge in [0.1, 0.15) is 28.0 Å². The molecule has 5 rings (SSSR count). The zero-order valence-electron chi connectivity index (χ0n) is 23.7. The van der Waals surface area contributed by atoms with E-state index in [0.717, 1.165) is 53.3 Å². The van der Waals surface area contributed by atoms with Gasteiger partial charge in [0.15, 0.2) is 0 Å². The molecule has 0 bridgehead atoms. The van der Waals surface area contributed by atoms with Crippen molar-refractivity contribution in [2.45, 2.75) is 31.0 Å². The number of rotatable bonds is 12. The van der Waals surface area contributed by atoms with Gasteiger partial charge < -0.3 is 14.8 Å². The van der Waals surface area contributed by atoms with Gasteiger partial charge in [-0.15, -0.1) is 0 Å².